The van der Waals surface area contributed by atoms with Gasteiger partial charge >= 0.3 is 5.63 Å². The van der Waals surface area contributed by atoms with Crippen LogP contribution in [0.5, 0.6) is 11.5 Å². The van der Waals surface area contributed by atoms with Gasteiger partial charge in [0.15, 0.2) is 0 Å². The molecule has 0 aliphatic rings. The van der Waals surface area contributed by atoms with Gasteiger partial charge in [-0.25, -0.2) is 4.79 Å². The number of rotatable bonds is 5. The first kappa shape index (κ1) is 18.1. The lowest BCUT2D eigenvalue weighted by molar-refractivity contribution is 0.409. The maximum absolute atomic E-state index is 12.5. The summed E-state index contributed by atoms with van der Waals surface area (Å²) in [6, 6.07) is 16.5. The maximum Gasteiger partial charge on any atom is 0.354 e. The number of hydrogen-bond donors (Lipinski definition) is 1. The quantitative estimate of drug-likeness (QED) is 0.662. The predicted molar refractivity (Wildman–Crippen MR) is 103 cm³/mol. The summed E-state index contributed by atoms with van der Waals surface area (Å²) < 4.78 is 10.8. The zero-order valence-corrected chi connectivity index (χ0v) is 15.7. The Morgan fingerprint density at radius 2 is 1.77 bits per heavy atom. The van der Waals surface area contributed by atoms with Gasteiger partial charge in [0.2, 0.25) is 0 Å². The highest BCUT2D eigenvalue weighted by molar-refractivity contribution is 7.99. The number of hydrogen-bond acceptors (Lipinski definition) is 5. The molecule has 3 aromatic rings. The Morgan fingerprint density at radius 3 is 2.46 bits per heavy atom. The van der Waals surface area contributed by atoms with E-state index in [1.807, 2.05) is 36.4 Å². The van der Waals surface area contributed by atoms with Gasteiger partial charge in [0.05, 0.1) is 12.7 Å². The van der Waals surface area contributed by atoms with Crippen molar-refractivity contribution in [1.29, 1.82) is 0 Å². The molecule has 1 N–H and O–H groups in total. The molecule has 0 saturated carbocycles. The molecule has 0 fully saturated rings. The van der Waals surface area contributed by atoms with Gasteiger partial charge in [-0.05, 0) is 29.7 Å². The van der Waals surface area contributed by atoms with E-state index < -0.39 is 5.63 Å². The van der Waals surface area contributed by atoms with Crippen LogP contribution in [0.3, 0.4) is 0 Å². The molecule has 0 aliphatic carbocycles. The summed E-state index contributed by atoms with van der Waals surface area (Å²) in [6.45, 7) is 4.18. The lowest BCUT2D eigenvalue weighted by Gasteiger charge is -2.13. The van der Waals surface area contributed by atoms with E-state index in [0.717, 1.165) is 10.5 Å². The van der Waals surface area contributed by atoms with Crippen LogP contribution in [-0.4, -0.2) is 12.2 Å². The molecule has 3 rings (SSSR count). The molecule has 0 spiro atoms. The molecule has 2 aromatic carbocycles. The van der Waals surface area contributed by atoms with E-state index in [1.165, 1.54) is 17.8 Å². The third-order valence-corrected chi connectivity index (χ3v) is 5.19. The van der Waals surface area contributed by atoms with Gasteiger partial charge in [0, 0.05) is 11.0 Å². The molecular weight excluding hydrogens is 348 g/mol. The number of methoxy groups -OCH3 is 1. The third kappa shape index (κ3) is 3.63. The maximum atomic E-state index is 12.5. The van der Waals surface area contributed by atoms with Crippen molar-refractivity contribution in [3.8, 4) is 22.8 Å². The van der Waals surface area contributed by atoms with E-state index in [-0.39, 0.29) is 16.4 Å². The monoisotopic (exact) mass is 368 g/mol. The number of aromatic hydroxyl groups is 1. The fraction of sp³-hybridized carbons (Fsp3) is 0.190. The standard InChI is InChI=1S/C21H20O4S/c1-13(2)14-8-5-7-11-19(14)26-20-16(22)12-18(25-21(20)23)15-9-4-6-10-17(15)24-3/h4-13,22H,1-3H3. The Balaban J connectivity index is 2.03. The van der Waals surface area contributed by atoms with E-state index >= 15 is 0 Å². The molecule has 0 bridgehead atoms. The Hall–Kier alpha value is -2.66. The zero-order valence-electron chi connectivity index (χ0n) is 14.9. The molecule has 5 heteroatoms. The molecule has 1 heterocycles. The smallest absolute Gasteiger partial charge is 0.354 e. The summed E-state index contributed by atoms with van der Waals surface area (Å²) in [6.07, 6.45) is 0. The van der Waals surface area contributed by atoms with Gasteiger partial charge < -0.3 is 14.3 Å². The molecule has 134 valence electrons. The minimum atomic E-state index is -0.575. The zero-order chi connectivity index (χ0) is 18.7. The lowest BCUT2D eigenvalue weighted by Crippen LogP contribution is -2.04. The highest BCUT2D eigenvalue weighted by Gasteiger charge is 2.17. The Labute approximate surface area is 156 Å². The summed E-state index contributed by atoms with van der Waals surface area (Å²) in [7, 11) is 1.55. The summed E-state index contributed by atoms with van der Waals surface area (Å²) >= 11 is 1.22. The molecule has 0 aliphatic heterocycles. The van der Waals surface area contributed by atoms with Crippen molar-refractivity contribution in [1.82, 2.24) is 0 Å². The predicted octanol–water partition coefficient (Wildman–Crippen LogP) is 5.30. The van der Waals surface area contributed by atoms with Crippen molar-refractivity contribution in [2.45, 2.75) is 29.6 Å². The van der Waals surface area contributed by atoms with Crippen LogP contribution in [0.2, 0.25) is 0 Å². The first-order chi connectivity index (χ1) is 12.5. The number of ether oxygens (including phenoxy) is 1. The molecule has 26 heavy (non-hydrogen) atoms. The van der Waals surface area contributed by atoms with Crippen LogP contribution in [0.25, 0.3) is 11.3 Å². The molecule has 4 nitrogen and oxygen atoms in total. The minimum Gasteiger partial charge on any atom is -0.506 e. The Morgan fingerprint density at radius 1 is 1.08 bits per heavy atom. The average Bonchev–Trinajstić information content (AvgIpc) is 2.64. The molecule has 0 radical (unpaired) electrons. The molecule has 0 amide bonds. The molecule has 0 unspecified atom stereocenters. The fourth-order valence-electron chi connectivity index (χ4n) is 2.71. The normalized spacial score (nSPS) is 10.9. The van der Waals surface area contributed by atoms with E-state index in [2.05, 4.69) is 13.8 Å². The van der Waals surface area contributed by atoms with Crippen LogP contribution in [0.4, 0.5) is 0 Å². The van der Waals surface area contributed by atoms with Crippen molar-refractivity contribution in [3.63, 3.8) is 0 Å². The third-order valence-electron chi connectivity index (χ3n) is 4.01. The van der Waals surface area contributed by atoms with Crippen LogP contribution < -0.4 is 10.4 Å². The topological polar surface area (TPSA) is 59.7 Å². The second kappa shape index (κ2) is 7.70. The molecule has 0 atom stereocenters. The Kier molecular flexibility index (Phi) is 5.38. The van der Waals surface area contributed by atoms with Crippen LogP contribution >= 0.6 is 11.8 Å². The minimum absolute atomic E-state index is 0.106. The molecule has 1 aromatic heterocycles. The lowest BCUT2D eigenvalue weighted by atomic mass is 10.0. The highest BCUT2D eigenvalue weighted by atomic mass is 32.2. The van der Waals surface area contributed by atoms with Crippen molar-refractivity contribution < 1.29 is 14.3 Å². The van der Waals surface area contributed by atoms with Crippen LogP contribution in [0.15, 0.2) is 73.6 Å². The Bertz CT molecular complexity index is 976. The van der Waals surface area contributed by atoms with Crippen LogP contribution in [0, 0.1) is 0 Å². The first-order valence-electron chi connectivity index (χ1n) is 8.28. The average molecular weight is 368 g/mol. The summed E-state index contributed by atoms with van der Waals surface area (Å²) in [5, 5.41) is 10.5. The molecule has 0 saturated heterocycles. The van der Waals surface area contributed by atoms with Crippen molar-refractivity contribution in [2.24, 2.45) is 0 Å². The van der Waals surface area contributed by atoms with Gasteiger partial charge in [-0.15, -0.1) is 0 Å². The number of benzene rings is 2. The highest BCUT2D eigenvalue weighted by Crippen LogP contribution is 2.38. The van der Waals surface area contributed by atoms with Crippen LogP contribution in [0.1, 0.15) is 25.3 Å². The van der Waals surface area contributed by atoms with Gasteiger partial charge in [-0.3, -0.25) is 0 Å². The van der Waals surface area contributed by atoms with E-state index in [0.29, 0.717) is 17.2 Å². The second-order valence-electron chi connectivity index (χ2n) is 6.11. The van der Waals surface area contributed by atoms with Crippen molar-refractivity contribution >= 4 is 11.8 Å². The van der Waals surface area contributed by atoms with Gasteiger partial charge in [0.1, 0.15) is 22.2 Å². The van der Waals surface area contributed by atoms with Crippen LogP contribution in [-0.2, 0) is 0 Å². The number of para-hydroxylation sites is 1. The van der Waals surface area contributed by atoms with E-state index in [1.54, 1.807) is 19.2 Å². The second-order valence-corrected chi connectivity index (χ2v) is 7.16. The molecular formula is C21H20O4S. The fourth-order valence-corrected chi connectivity index (χ4v) is 3.78. The van der Waals surface area contributed by atoms with E-state index in [9.17, 15) is 9.90 Å². The summed E-state index contributed by atoms with van der Waals surface area (Å²) in [5.41, 5.74) is 1.15. The van der Waals surface area contributed by atoms with Crippen molar-refractivity contribution in [3.05, 3.63) is 70.6 Å². The van der Waals surface area contributed by atoms with E-state index in [4.69, 9.17) is 9.15 Å². The van der Waals surface area contributed by atoms with Gasteiger partial charge in [-0.1, -0.05) is 55.9 Å². The van der Waals surface area contributed by atoms with Gasteiger partial charge in [-0.2, -0.15) is 0 Å². The largest absolute Gasteiger partial charge is 0.506 e. The van der Waals surface area contributed by atoms with Crippen molar-refractivity contribution in [2.75, 3.05) is 7.11 Å². The summed E-state index contributed by atoms with van der Waals surface area (Å²) in [5.74, 6) is 1.04. The van der Waals surface area contributed by atoms with Gasteiger partial charge in [0.25, 0.3) is 0 Å². The summed E-state index contributed by atoms with van der Waals surface area (Å²) in [4.78, 5) is 13.6. The first-order valence-corrected chi connectivity index (χ1v) is 9.10. The SMILES string of the molecule is COc1ccccc1-c1cc(O)c(Sc2ccccc2C(C)C)c(=O)o1.